The summed E-state index contributed by atoms with van der Waals surface area (Å²) in [5.41, 5.74) is 2.62. The van der Waals surface area contributed by atoms with Gasteiger partial charge in [-0.15, -0.1) is 5.10 Å². The van der Waals surface area contributed by atoms with E-state index in [4.69, 9.17) is 11.6 Å². The van der Waals surface area contributed by atoms with Crippen LogP contribution in [-0.2, 0) is 13.5 Å². The number of rotatable bonds is 4. The Morgan fingerprint density at radius 2 is 2.24 bits per heavy atom. The molecule has 0 aliphatic carbocycles. The quantitative estimate of drug-likeness (QED) is 0.924. The first-order valence-corrected chi connectivity index (χ1v) is 7.20. The molecule has 0 bridgehead atoms. The van der Waals surface area contributed by atoms with Gasteiger partial charge in [0, 0.05) is 32.4 Å². The molecular formula is C14H16ClN5O. The van der Waals surface area contributed by atoms with Gasteiger partial charge in [0.05, 0.1) is 0 Å². The maximum absolute atomic E-state index is 11.9. The van der Waals surface area contributed by atoms with Crippen molar-refractivity contribution in [3.05, 3.63) is 40.9 Å². The molecule has 110 valence electrons. The summed E-state index contributed by atoms with van der Waals surface area (Å²) in [7, 11) is 1.65. The largest absolute Gasteiger partial charge is 0.369 e. The van der Waals surface area contributed by atoms with Crippen molar-refractivity contribution in [2.75, 3.05) is 24.5 Å². The Morgan fingerprint density at radius 3 is 3.00 bits per heavy atom. The van der Waals surface area contributed by atoms with Gasteiger partial charge in [-0.3, -0.25) is 4.79 Å². The first-order valence-electron chi connectivity index (χ1n) is 6.83. The number of carbonyl (C=O) groups is 1. The van der Waals surface area contributed by atoms with Gasteiger partial charge >= 0.3 is 0 Å². The SMILES string of the molecule is Cn1nc(C(=O)NCCN2CCc3ccccc32)nc1Cl. The zero-order valence-electron chi connectivity index (χ0n) is 11.7. The lowest BCUT2D eigenvalue weighted by Gasteiger charge is -2.19. The highest BCUT2D eigenvalue weighted by molar-refractivity contribution is 6.28. The van der Waals surface area contributed by atoms with E-state index in [0.717, 1.165) is 19.5 Å². The number of benzene rings is 1. The Bertz CT molecular complexity index is 650. The molecule has 0 fully saturated rings. The van der Waals surface area contributed by atoms with Gasteiger partial charge in [0.15, 0.2) is 0 Å². The summed E-state index contributed by atoms with van der Waals surface area (Å²) in [6, 6.07) is 8.36. The van der Waals surface area contributed by atoms with Crippen LogP contribution in [0.3, 0.4) is 0 Å². The first-order chi connectivity index (χ1) is 10.1. The van der Waals surface area contributed by atoms with Crippen molar-refractivity contribution in [1.29, 1.82) is 0 Å². The summed E-state index contributed by atoms with van der Waals surface area (Å²) in [5, 5.41) is 6.97. The predicted octanol–water partition coefficient (Wildman–Crippen LogP) is 1.26. The van der Waals surface area contributed by atoms with Crippen molar-refractivity contribution in [2.24, 2.45) is 7.05 Å². The Balaban J connectivity index is 1.54. The molecule has 21 heavy (non-hydrogen) atoms. The van der Waals surface area contributed by atoms with Crippen molar-refractivity contribution in [2.45, 2.75) is 6.42 Å². The van der Waals surface area contributed by atoms with Crippen LogP contribution in [0.4, 0.5) is 5.69 Å². The maximum atomic E-state index is 11.9. The fraction of sp³-hybridized carbons (Fsp3) is 0.357. The summed E-state index contributed by atoms with van der Waals surface area (Å²) < 4.78 is 1.37. The number of nitrogens with zero attached hydrogens (tertiary/aromatic N) is 4. The molecule has 0 saturated carbocycles. The van der Waals surface area contributed by atoms with Gasteiger partial charge in [0.1, 0.15) is 0 Å². The van der Waals surface area contributed by atoms with Crippen molar-refractivity contribution in [1.82, 2.24) is 20.1 Å². The topological polar surface area (TPSA) is 63.1 Å². The average Bonchev–Trinajstić information content (AvgIpc) is 3.04. The van der Waals surface area contributed by atoms with Crippen LogP contribution in [0.5, 0.6) is 0 Å². The Kier molecular flexibility index (Phi) is 3.79. The van der Waals surface area contributed by atoms with Gasteiger partial charge in [0.25, 0.3) is 5.91 Å². The van der Waals surface area contributed by atoms with Gasteiger partial charge in [-0.1, -0.05) is 18.2 Å². The van der Waals surface area contributed by atoms with Crippen molar-refractivity contribution >= 4 is 23.2 Å². The van der Waals surface area contributed by atoms with Crippen LogP contribution in [0.15, 0.2) is 24.3 Å². The average molecular weight is 306 g/mol. The summed E-state index contributed by atoms with van der Waals surface area (Å²) in [5.74, 6) is -0.200. The molecule has 2 aromatic rings. The molecule has 7 heteroatoms. The van der Waals surface area contributed by atoms with Crippen LogP contribution in [0.1, 0.15) is 16.2 Å². The van der Waals surface area contributed by atoms with Gasteiger partial charge in [0.2, 0.25) is 11.1 Å². The Morgan fingerprint density at radius 1 is 1.43 bits per heavy atom. The van der Waals surface area contributed by atoms with E-state index >= 15 is 0 Å². The van der Waals surface area contributed by atoms with Crippen LogP contribution in [0.2, 0.25) is 5.28 Å². The van der Waals surface area contributed by atoms with Gasteiger partial charge in [-0.25, -0.2) is 4.68 Å². The number of fused-ring (bicyclic) bond motifs is 1. The predicted molar refractivity (Wildman–Crippen MR) is 80.7 cm³/mol. The van der Waals surface area contributed by atoms with Crippen molar-refractivity contribution < 1.29 is 4.79 Å². The molecule has 1 amide bonds. The Labute approximate surface area is 127 Å². The molecule has 1 N–H and O–H groups in total. The summed E-state index contributed by atoms with van der Waals surface area (Å²) >= 11 is 5.77. The number of aryl methyl sites for hydroxylation is 1. The highest BCUT2D eigenvalue weighted by atomic mass is 35.5. The number of para-hydroxylation sites is 1. The summed E-state index contributed by atoms with van der Waals surface area (Å²) in [4.78, 5) is 18.1. The van der Waals surface area contributed by atoms with E-state index in [2.05, 4.69) is 38.5 Å². The number of hydrogen-bond donors (Lipinski definition) is 1. The minimum Gasteiger partial charge on any atom is -0.369 e. The van der Waals surface area contributed by atoms with E-state index in [1.165, 1.54) is 15.9 Å². The molecular weight excluding hydrogens is 290 g/mol. The molecule has 2 heterocycles. The van der Waals surface area contributed by atoms with Crippen LogP contribution in [0, 0.1) is 0 Å². The van der Waals surface area contributed by atoms with Crippen LogP contribution in [-0.4, -0.2) is 40.3 Å². The van der Waals surface area contributed by atoms with Gasteiger partial charge in [-0.05, 0) is 29.7 Å². The second-order valence-corrected chi connectivity index (χ2v) is 5.29. The number of hydrogen-bond acceptors (Lipinski definition) is 4. The zero-order chi connectivity index (χ0) is 14.8. The maximum Gasteiger partial charge on any atom is 0.291 e. The lowest BCUT2D eigenvalue weighted by Crippen LogP contribution is -2.34. The molecule has 6 nitrogen and oxygen atoms in total. The lowest BCUT2D eigenvalue weighted by molar-refractivity contribution is 0.0944. The van der Waals surface area contributed by atoms with E-state index in [1.807, 2.05) is 6.07 Å². The molecule has 0 radical (unpaired) electrons. The molecule has 0 saturated heterocycles. The van der Waals surface area contributed by atoms with Crippen molar-refractivity contribution in [3.8, 4) is 0 Å². The minimum atomic E-state index is -0.301. The minimum absolute atomic E-state index is 0.101. The smallest absolute Gasteiger partial charge is 0.291 e. The molecule has 0 spiro atoms. The second-order valence-electron chi connectivity index (χ2n) is 4.95. The fourth-order valence-electron chi connectivity index (χ4n) is 2.48. The highest BCUT2D eigenvalue weighted by Crippen LogP contribution is 2.26. The number of carbonyl (C=O) groups excluding carboxylic acids is 1. The molecule has 1 aliphatic rings. The third kappa shape index (κ3) is 2.85. The molecule has 0 atom stereocenters. The normalized spacial score (nSPS) is 13.3. The third-order valence-corrected chi connectivity index (χ3v) is 3.89. The monoisotopic (exact) mass is 305 g/mol. The summed E-state index contributed by atoms with van der Waals surface area (Å²) in [6.45, 7) is 2.30. The second kappa shape index (κ2) is 5.73. The van der Waals surface area contributed by atoms with E-state index in [-0.39, 0.29) is 17.0 Å². The standard InChI is InChI=1S/C14H16ClN5O/c1-19-14(15)17-12(18-19)13(21)16-7-9-20-8-6-10-4-2-3-5-11(10)20/h2-5H,6-9H2,1H3,(H,16,21). The fourth-order valence-corrected chi connectivity index (χ4v) is 2.60. The highest BCUT2D eigenvalue weighted by Gasteiger charge is 2.18. The number of halogens is 1. The van der Waals surface area contributed by atoms with Crippen LogP contribution < -0.4 is 10.2 Å². The molecule has 0 unspecified atom stereocenters. The van der Waals surface area contributed by atoms with Gasteiger partial charge in [-0.2, -0.15) is 4.98 Å². The molecule has 1 aromatic heterocycles. The van der Waals surface area contributed by atoms with Crippen LogP contribution in [0.25, 0.3) is 0 Å². The zero-order valence-corrected chi connectivity index (χ0v) is 12.5. The Hall–Kier alpha value is -2.08. The number of aromatic nitrogens is 3. The van der Waals surface area contributed by atoms with E-state index in [9.17, 15) is 4.79 Å². The number of amides is 1. The number of anilines is 1. The van der Waals surface area contributed by atoms with E-state index < -0.39 is 0 Å². The van der Waals surface area contributed by atoms with E-state index in [0.29, 0.717) is 6.54 Å². The van der Waals surface area contributed by atoms with Gasteiger partial charge < -0.3 is 10.2 Å². The van der Waals surface area contributed by atoms with Crippen LogP contribution >= 0.6 is 11.6 Å². The first kappa shape index (κ1) is 13.9. The van der Waals surface area contributed by atoms with Crippen molar-refractivity contribution in [3.63, 3.8) is 0 Å². The number of nitrogens with one attached hydrogen (secondary N) is 1. The van der Waals surface area contributed by atoms with E-state index in [1.54, 1.807) is 7.05 Å². The molecule has 3 rings (SSSR count). The third-order valence-electron chi connectivity index (χ3n) is 3.56. The molecule has 1 aliphatic heterocycles. The molecule has 1 aromatic carbocycles. The lowest BCUT2D eigenvalue weighted by atomic mass is 10.2. The summed E-state index contributed by atoms with van der Waals surface area (Å²) in [6.07, 6.45) is 1.06.